The quantitative estimate of drug-likeness (QED) is 0.336. The topological polar surface area (TPSA) is 89.1 Å². The fraction of sp³-hybridized carbons (Fsp3) is 0. The van der Waals surface area contributed by atoms with Gasteiger partial charge >= 0.3 is 0 Å². The van der Waals surface area contributed by atoms with Gasteiger partial charge in [0.15, 0.2) is 0 Å². The van der Waals surface area contributed by atoms with Gasteiger partial charge in [-0.3, -0.25) is 4.79 Å². The molecule has 2 heterocycles. The lowest BCUT2D eigenvalue weighted by Gasteiger charge is -2.03. The molecule has 0 spiro atoms. The van der Waals surface area contributed by atoms with Crippen LogP contribution in [0.1, 0.15) is 10.4 Å². The maximum absolute atomic E-state index is 11.5. The van der Waals surface area contributed by atoms with Crippen molar-refractivity contribution < 1.29 is 9.90 Å². The van der Waals surface area contributed by atoms with Crippen molar-refractivity contribution in [3.05, 3.63) is 89.1 Å². The number of carbonyl (C=O) groups is 1. The number of carbonyl (C=O) groups excluding carboxylic acids is 1. The molecule has 1 amide bonds. The third-order valence-corrected chi connectivity index (χ3v) is 6.77. The van der Waals surface area contributed by atoms with Gasteiger partial charge in [0, 0.05) is 33.0 Å². The number of hydrogen-bond acceptors (Lipinski definition) is 6. The third-order valence-electron chi connectivity index (χ3n) is 4.99. The average molecular weight is 456 g/mol. The molecule has 7 heteroatoms. The summed E-state index contributed by atoms with van der Waals surface area (Å²) in [6, 6.07) is 23.0. The van der Waals surface area contributed by atoms with Crippen LogP contribution in [0.4, 0.5) is 0 Å². The van der Waals surface area contributed by atoms with Crippen LogP contribution in [0.3, 0.4) is 0 Å². The van der Waals surface area contributed by atoms with Crippen LogP contribution in [-0.2, 0) is 0 Å². The minimum absolute atomic E-state index is 0.0804. The lowest BCUT2D eigenvalue weighted by atomic mass is 10.1. The number of hydrogen-bond donors (Lipinski definition) is 2. The van der Waals surface area contributed by atoms with E-state index in [1.54, 1.807) is 23.5 Å². The molecule has 0 radical (unpaired) electrons. The van der Waals surface area contributed by atoms with E-state index in [9.17, 15) is 9.90 Å². The summed E-state index contributed by atoms with van der Waals surface area (Å²) in [7, 11) is 0. The minimum atomic E-state index is -0.675. The van der Waals surface area contributed by atoms with Crippen molar-refractivity contribution in [1.82, 2.24) is 9.97 Å². The second-order valence-electron chi connectivity index (χ2n) is 7.12. The summed E-state index contributed by atoms with van der Waals surface area (Å²) >= 11 is 3.14. The van der Waals surface area contributed by atoms with E-state index in [1.807, 2.05) is 41.8 Å². The van der Waals surface area contributed by atoms with Gasteiger partial charge in [0.05, 0.1) is 17.0 Å². The highest BCUT2D eigenvalue weighted by atomic mass is 32.1. The standard InChI is InChI=1S/C25H17N3O2S2/c26-23(30)19-12-17(9-10-22(19)29)21-14-32-25(28-21)18-8-4-7-16(11-18)20-13-31-24(27-20)15-5-2-1-3-6-15/h1-14,29H,(H2,26,30). The first kappa shape index (κ1) is 20.1. The highest BCUT2D eigenvalue weighted by molar-refractivity contribution is 7.13. The van der Waals surface area contributed by atoms with E-state index in [1.165, 1.54) is 17.4 Å². The van der Waals surface area contributed by atoms with Crippen molar-refractivity contribution in [3.63, 3.8) is 0 Å². The Hall–Kier alpha value is -3.81. The molecule has 0 aliphatic rings. The monoisotopic (exact) mass is 455 g/mol. The lowest BCUT2D eigenvalue weighted by Crippen LogP contribution is -2.11. The predicted molar refractivity (Wildman–Crippen MR) is 130 cm³/mol. The lowest BCUT2D eigenvalue weighted by molar-refractivity contribution is 0.0998. The Kier molecular flexibility index (Phi) is 5.26. The summed E-state index contributed by atoms with van der Waals surface area (Å²) in [5.41, 5.74) is 10.9. The molecule has 5 rings (SSSR count). The van der Waals surface area contributed by atoms with Gasteiger partial charge in [0.25, 0.3) is 5.91 Å². The van der Waals surface area contributed by atoms with Gasteiger partial charge in [-0.2, -0.15) is 0 Å². The molecule has 32 heavy (non-hydrogen) atoms. The molecule has 0 saturated heterocycles. The zero-order valence-electron chi connectivity index (χ0n) is 16.7. The number of aromatic hydroxyl groups is 1. The van der Waals surface area contributed by atoms with Crippen molar-refractivity contribution in [2.75, 3.05) is 0 Å². The molecule has 0 unspecified atom stereocenters. The first-order valence-electron chi connectivity index (χ1n) is 9.79. The molecule has 0 bridgehead atoms. The fourth-order valence-corrected chi connectivity index (χ4v) is 5.02. The SMILES string of the molecule is NC(=O)c1cc(-c2csc(-c3cccc(-c4csc(-c5ccccc5)n4)c3)n2)ccc1O. The Bertz CT molecular complexity index is 1420. The van der Waals surface area contributed by atoms with Crippen LogP contribution in [0.15, 0.2) is 83.6 Å². The summed E-state index contributed by atoms with van der Waals surface area (Å²) in [4.78, 5) is 21.1. The first-order valence-corrected chi connectivity index (χ1v) is 11.5. The smallest absolute Gasteiger partial charge is 0.252 e. The van der Waals surface area contributed by atoms with Crippen molar-refractivity contribution >= 4 is 28.6 Å². The van der Waals surface area contributed by atoms with Gasteiger partial charge in [-0.25, -0.2) is 9.97 Å². The van der Waals surface area contributed by atoms with Gasteiger partial charge < -0.3 is 10.8 Å². The number of rotatable bonds is 5. The molecule has 156 valence electrons. The fourth-order valence-electron chi connectivity index (χ4n) is 3.36. The Morgan fingerprint density at radius 1 is 0.719 bits per heavy atom. The van der Waals surface area contributed by atoms with Crippen molar-refractivity contribution in [2.24, 2.45) is 5.73 Å². The van der Waals surface area contributed by atoms with Crippen molar-refractivity contribution in [3.8, 4) is 49.4 Å². The van der Waals surface area contributed by atoms with E-state index in [2.05, 4.69) is 23.6 Å². The van der Waals surface area contributed by atoms with Crippen molar-refractivity contribution in [2.45, 2.75) is 0 Å². The molecule has 0 aliphatic heterocycles. The van der Waals surface area contributed by atoms with Crippen LogP contribution < -0.4 is 5.73 Å². The molecule has 2 aromatic heterocycles. The zero-order chi connectivity index (χ0) is 22.1. The van der Waals surface area contributed by atoms with Gasteiger partial charge in [-0.15, -0.1) is 22.7 Å². The molecule has 5 nitrogen and oxygen atoms in total. The van der Waals surface area contributed by atoms with Gasteiger partial charge in [-0.1, -0.05) is 48.5 Å². The molecule has 0 atom stereocenters. The van der Waals surface area contributed by atoms with Crippen LogP contribution in [0.5, 0.6) is 5.75 Å². The summed E-state index contributed by atoms with van der Waals surface area (Å²) < 4.78 is 0. The number of thiazole rings is 2. The van der Waals surface area contributed by atoms with Gasteiger partial charge in [0.1, 0.15) is 15.8 Å². The van der Waals surface area contributed by atoms with Crippen LogP contribution >= 0.6 is 22.7 Å². The normalized spacial score (nSPS) is 10.9. The van der Waals surface area contributed by atoms with Gasteiger partial charge in [-0.05, 0) is 24.3 Å². The van der Waals surface area contributed by atoms with Crippen LogP contribution in [0.2, 0.25) is 0 Å². The van der Waals surface area contributed by atoms with E-state index in [4.69, 9.17) is 15.7 Å². The van der Waals surface area contributed by atoms with Crippen molar-refractivity contribution in [1.29, 1.82) is 0 Å². The summed E-state index contributed by atoms with van der Waals surface area (Å²) in [5.74, 6) is -0.812. The van der Waals surface area contributed by atoms with Gasteiger partial charge in [0.2, 0.25) is 0 Å². The Morgan fingerprint density at radius 2 is 1.31 bits per heavy atom. The Balaban J connectivity index is 1.45. The third kappa shape index (κ3) is 3.91. The predicted octanol–water partition coefficient (Wildman–Crippen LogP) is 6.07. The van der Waals surface area contributed by atoms with E-state index >= 15 is 0 Å². The molecule has 0 fully saturated rings. The second-order valence-corrected chi connectivity index (χ2v) is 8.84. The highest BCUT2D eigenvalue weighted by Crippen LogP contribution is 2.34. The average Bonchev–Trinajstić information content (AvgIpc) is 3.51. The molecule has 0 saturated carbocycles. The molecule has 3 aromatic carbocycles. The van der Waals surface area contributed by atoms with E-state index < -0.39 is 5.91 Å². The van der Waals surface area contributed by atoms with Crippen LogP contribution in [-0.4, -0.2) is 21.0 Å². The first-order chi connectivity index (χ1) is 15.6. The number of benzene rings is 3. The molecule has 0 aliphatic carbocycles. The number of aromatic nitrogens is 2. The zero-order valence-corrected chi connectivity index (χ0v) is 18.4. The highest BCUT2D eigenvalue weighted by Gasteiger charge is 2.13. The summed E-state index contributed by atoms with van der Waals surface area (Å²) in [6.45, 7) is 0. The summed E-state index contributed by atoms with van der Waals surface area (Å²) in [5, 5.41) is 15.7. The largest absolute Gasteiger partial charge is 0.507 e. The Morgan fingerprint density at radius 3 is 2.00 bits per heavy atom. The number of nitrogens with two attached hydrogens (primary N) is 1. The summed E-state index contributed by atoms with van der Waals surface area (Å²) in [6.07, 6.45) is 0. The molecular formula is C25H17N3O2S2. The number of nitrogens with zero attached hydrogens (tertiary/aromatic N) is 2. The van der Waals surface area contributed by atoms with Crippen LogP contribution in [0.25, 0.3) is 43.7 Å². The Labute approximate surface area is 192 Å². The number of amides is 1. The number of phenols is 1. The molecule has 5 aromatic rings. The second kappa shape index (κ2) is 8.37. The van der Waals surface area contributed by atoms with E-state index in [0.717, 1.165) is 43.7 Å². The van der Waals surface area contributed by atoms with Crippen LogP contribution in [0, 0.1) is 0 Å². The minimum Gasteiger partial charge on any atom is -0.507 e. The van der Waals surface area contributed by atoms with E-state index in [-0.39, 0.29) is 11.3 Å². The number of primary amides is 1. The maximum atomic E-state index is 11.5. The van der Waals surface area contributed by atoms with E-state index in [0.29, 0.717) is 0 Å². The molecular weight excluding hydrogens is 438 g/mol. The maximum Gasteiger partial charge on any atom is 0.252 e. The molecule has 3 N–H and O–H groups in total.